The van der Waals surface area contributed by atoms with Crippen LogP contribution in [0.5, 0.6) is 0 Å². The van der Waals surface area contributed by atoms with Crippen molar-refractivity contribution in [1.29, 1.82) is 0 Å². The summed E-state index contributed by atoms with van der Waals surface area (Å²) < 4.78 is 11.3. The van der Waals surface area contributed by atoms with Gasteiger partial charge in [-0.3, -0.25) is 4.90 Å². The van der Waals surface area contributed by atoms with Crippen LogP contribution in [0.4, 0.5) is 0 Å². The van der Waals surface area contributed by atoms with E-state index in [1.807, 2.05) is 24.3 Å². The summed E-state index contributed by atoms with van der Waals surface area (Å²) in [4.78, 5) is 2.36. The first-order valence-corrected chi connectivity index (χ1v) is 7.93. The highest BCUT2D eigenvalue weighted by molar-refractivity contribution is 5.52. The molecule has 1 aromatic carbocycles. The maximum absolute atomic E-state index is 5.90. The minimum absolute atomic E-state index is 0.302. The number of benzene rings is 1. The number of hydrogen-bond donors (Lipinski definition) is 0. The zero-order chi connectivity index (χ0) is 15.6. The summed E-state index contributed by atoms with van der Waals surface area (Å²) in [6, 6.07) is 12.1. The van der Waals surface area contributed by atoms with Crippen LogP contribution in [0, 0.1) is 6.92 Å². The van der Waals surface area contributed by atoms with Crippen molar-refractivity contribution >= 4 is 0 Å². The summed E-state index contributed by atoms with van der Waals surface area (Å²) in [5, 5.41) is 8.47. The highest BCUT2D eigenvalue weighted by atomic mass is 16.4. The Morgan fingerprint density at radius 3 is 2.83 bits per heavy atom. The zero-order valence-corrected chi connectivity index (χ0v) is 13.1. The second-order valence-corrected chi connectivity index (χ2v) is 6.11. The maximum atomic E-state index is 5.90. The fourth-order valence-corrected chi connectivity index (χ4v) is 3.01. The van der Waals surface area contributed by atoms with E-state index >= 15 is 0 Å². The highest BCUT2D eigenvalue weighted by Gasteiger charge is 2.28. The largest absolute Gasteiger partial charge is 0.468 e. The van der Waals surface area contributed by atoms with Gasteiger partial charge in [-0.1, -0.05) is 17.7 Å². The molecule has 1 aliphatic rings. The van der Waals surface area contributed by atoms with Crippen molar-refractivity contribution < 1.29 is 8.83 Å². The molecule has 1 saturated heterocycles. The van der Waals surface area contributed by atoms with E-state index in [4.69, 9.17) is 8.83 Å². The van der Waals surface area contributed by atoms with Gasteiger partial charge in [-0.05, 0) is 44.2 Å². The molecule has 5 heteroatoms. The Bertz CT molecular complexity index is 762. The van der Waals surface area contributed by atoms with Gasteiger partial charge in [0.25, 0.3) is 0 Å². The summed E-state index contributed by atoms with van der Waals surface area (Å²) in [5.41, 5.74) is 2.19. The van der Waals surface area contributed by atoms with Gasteiger partial charge in [0.2, 0.25) is 11.8 Å². The van der Waals surface area contributed by atoms with Gasteiger partial charge >= 0.3 is 0 Å². The van der Waals surface area contributed by atoms with Crippen molar-refractivity contribution in [2.24, 2.45) is 0 Å². The molecule has 118 valence electrons. The van der Waals surface area contributed by atoms with Crippen LogP contribution in [-0.2, 0) is 6.54 Å². The number of nitrogens with zero attached hydrogens (tertiary/aromatic N) is 3. The minimum atomic E-state index is 0.302. The molecule has 0 amide bonds. The molecule has 1 fully saturated rings. The molecule has 4 rings (SSSR count). The van der Waals surface area contributed by atoms with Gasteiger partial charge in [0.1, 0.15) is 5.76 Å². The molecule has 1 atom stereocenters. The van der Waals surface area contributed by atoms with Crippen LogP contribution < -0.4 is 0 Å². The zero-order valence-electron chi connectivity index (χ0n) is 13.1. The van der Waals surface area contributed by atoms with E-state index in [0.717, 1.165) is 43.3 Å². The van der Waals surface area contributed by atoms with Crippen molar-refractivity contribution in [3.8, 4) is 11.5 Å². The van der Waals surface area contributed by atoms with Gasteiger partial charge in [0.05, 0.1) is 18.7 Å². The SMILES string of the molecule is Cc1ccc(-c2nnc(C3CCN(Cc4ccco4)C3)o2)cc1. The Morgan fingerprint density at radius 1 is 1.17 bits per heavy atom. The van der Waals surface area contributed by atoms with Gasteiger partial charge in [-0.25, -0.2) is 0 Å². The summed E-state index contributed by atoms with van der Waals surface area (Å²) in [6.07, 6.45) is 2.75. The highest BCUT2D eigenvalue weighted by Crippen LogP contribution is 2.29. The summed E-state index contributed by atoms with van der Waals surface area (Å²) in [7, 11) is 0. The third-order valence-corrected chi connectivity index (χ3v) is 4.32. The standard InChI is InChI=1S/C18H19N3O2/c1-13-4-6-14(7-5-13)17-19-20-18(23-17)15-8-9-21(11-15)12-16-3-2-10-22-16/h2-7,10,15H,8-9,11-12H2,1H3. The van der Waals surface area contributed by atoms with Crippen molar-refractivity contribution in [3.63, 3.8) is 0 Å². The first-order valence-electron chi connectivity index (χ1n) is 7.93. The lowest BCUT2D eigenvalue weighted by Gasteiger charge is -2.12. The summed E-state index contributed by atoms with van der Waals surface area (Å²) in [6.45, 7) is 4.85. The fourth-order valence-electron chi connectivity index (χ4n) is 3.01. The number of furan rings is 1. The molecule has 2 aromatic heterocycles. The second kappa shape index (κ2) is 6.01. The van der Waals surface area contributed by atoms with E-state index in [0.29, 0.717) is 11.8 Å². The van der Waals surface area contributed by atoms with Crippen LogP contribution in [0.2, 0.25) is 0 Å². The molecular weight excluding hydrogens is 290 g/mol. The third-order valence-electron chi connectivity index (χ3n) is 4.32. The lowest BCUT2D eigenvalue weighted by molar-refractivity contribution is 0.290. The molecule has 0 aliphatic carbocycles. The molecule has 0 radical (unpaired) electrons. The third kappa shape index (κ3) is 3.05. The molecule has 5 nitrogen and oxygen atoms in total. The molecular formula is C18H19N3O2. The average molecular weight is 309 g/mol. The first kappa shape index (κ1) is 14.2. The van der Waals surface area contributed by atoms with Crippen LogP contribution >= 0.6 is 0 Å². The topological polar surface area (TPSA) is 55.3 Å². The van der Waals surface area contributed by atoms with Crippen LogP contribution in [0.15, 0.2) is 51.5 Å². The Hall–Kier alpha value is -2.40. The Labute approximate surface area is 134 Å². The molecule has 3 heterocycles. The molecule has 0 saturated carbocycles. The van der Waals surface area contributed by atoms with Gasteiger partial charge in [-0.15, -0.1) is 10.2 Å². The maximum Gasteiger partial charge on any atom is 0.247 e. The van der Waals surface area contributed by atoms with Gasteiger partial charge in [0.15, 0.2) is 0 Å². The van der Waals surface area contributed by atoms with Crippen LogP contribution in [0.1, 0.15) is 29.6 Å². The second-order valence-electron chi connectivity index (χ2n) is 6.11. The minimum Gasteiger partial charge on any atom is -0.468 e. The van der Waals surface area contributed by atoms with E-state index in [-0.39, 0.29) is 0 Å². The molecule has 23 heavy (non-hydrogen) atoms. The predicted molar refractivity (Wildman–Crippen MR) is 85.8 cm³/mol. The van der Waals surface area contributed by atoms with Crippen LogP contribution in [0.25, 0.3) is 11.5 Å². The Morgan fingerprint density at radius 2 is 2.04 bits per heavy atom. The first-order chi connectivity index (χ1) is 11.3. The smallest absolute Gasteiger partial charge is 0.247 e. The normalized spacial score (nSPS) is 18.6. The van der Waals surface area contributed by atoms with E-state index < -0.39 is 0 Å². The molecule has 0 bridgehead atoms. The lowest BCUT2D eigenvalue weighted by Crippen LogP contribution is -2.19. The number of hydrogen-bond acceptors (Lipinski definition) is 5. The lowest BCUT2D eigenvalue weighted by atomic mass is 10.1. The Kier molecular flexibility index (Phi) is 3.71. The van der Waals surface area contributed by atoms with Crippen molar-refractivity contribution in [3.05, 3.63) is 59.9 Å². The predicted octanol–water partition coefficient (Wildman–Crippen LogP) is 3.63. The molecule has 0 N–H and O–H groups in total. The van der Waals surface area contributed by atoms with Crippen molar-refractivity contribution in [2.75, 3.05) is 13.1 Å². The van der Waals surface area contributed by atoms with E-state index in [1.54, 1.807) is 6.26 Å². The summed E-state index contributed by atoms with van der Waals surface area (Å²) >= 11 is 0. The quantitative estimate of drug-likeness (QED) is 0.736. The molecule has 1 aliphatic heterocycles. The van der Waals surface area contributed by atoms with E-state index in [1.165, 1.54) is 5.56 Å². The van der Waals surface area contributed by atoms with E-state index in [9.17, 15) is 0 Å². The number of likely N-dealkylation sites (tertiary alicyclic amines) is 1. The van der Waals surface area contributed by atoms with Gasteiger partial charge < -0.3 is 8.83 Å². The number of rotatable bonds is 4. The summed E-state index contributed by atoms with van der Waals surface area (Å²) in [5.74, 6) is 2.64. The molecule has 3 aromatic rings. The fraction of sp³-hybridized carbons (Fsp3) is 0.333. The van der Waals surface area contributed by atoms with E-state index in [2.05, 4.69) is 34.2 Å². The van der Waals surface area contributed by atoms with Crippen LogP contribution in [0.3, 0.4) is 0 Å². The van der Waals surface area contributed by atoms with Crippen LogP contribution in [-0.4, -0.2) is 28.2 Å². The molecule has 1 unspecified atom stereocenters. The van der Waals surface area contributed by atoms with Crippen molar-refractivity contribution in [2.45, 2.75) is 25.8 Å². The van der Waals surface area contributed by atoms with Gasteiger partial charge in [0, 0.05) is 12.1 Å². The van der Waals surface area contributed by atoms with Gasteiger partial charge in [-0.2, -0.15) is 0 Å². The average Bonchev–Trinajstić information content (AvgIpc) is 3.29. The Balaban J connectivity index is 1.44. The number of aromatic nitrogens is 2. The van der Waals surface area contributed by atoms with Crippen molar-refractivity contribution in [1.82, 2.24) is 15.1 Å². The molecule has 0 spiro atoms. The number of aryl methyl sites for hydroxylation is 1. The monoisotopic (exact) mass is 309 g/mol.